The zero-order valence-electron chi connectivity index (χ0n) is 11.7. The van der Waals surface area contributed by atoms with Crippen LogP contribution in [0.5, 0.6) is 0 Å². The highest BCUT2D eigenvalue weighted by atomic mass is 32.2. The number of rotatable bonds is 5. The fourth-order valence-corrected chi connectivity index (χ4v) is 3.49. The summed E-state index contributed by atoms with van der Waals surface area (Å²) in [5, 5.41) is 18.1. The van der Waals surface area contributed by atoms with E-state index in [1.807, 2.05) is 6.07 Å². The monoisotopic (exact) mass is 309 g/mol. The average molecular weight is 309 g/mol. The molecule has 1 saturated carbocycles. The summed E-state index contributed by atoms with van der Waals surface area (Å²) in [5.41, 5.74) is 0.436. The van der Waals surface area contributed by atoms with Gasteiger partial charge in [0.05, 0.1) is 41.1 Å². The van der Waals surface area contributed by atoms with Crippen molar-refractivity contribution < 1.29 is 18.3 Å². The van der Waals surface area contributed by atoms with Crippen LogP contribution in [0.25, 0.3) is 0 Å². The predicted molar refractivity (Wildman–Crippen MR) is 77.4 cm³/mol. The summed E-state index contributed by atoms with van der Waals surface area (Å²) in [6.07, 6.45) is 2.78. The number of aliphatic hydroxyl groups excluding tert-OH is 1. The second-order valence-corrected chi connectivity index (χ2v) is 7.37. The summed E-state index contributed by atoms with van der Waals surface area (Å²) in [7, 11) is -3.38. The molecule has 21 heavy (non-hydrogen) atoms. The van der Waals surface area contributed by atoms with Crippen LogP contribution < -0.4 is 0 Å². The molecule has 0 bridgehead atoms. The van der Waals surface area contributed by atoms with Crippen LogP contribution >= 0.6 is 0 Å². The summed E-state index contributed by atoms with van der Waals surface area (Å²) in [5.74, 6) is -0.0715. The smallest absolute Gasteiger partial charge is 0.180 e. The van der Waals surface area contributed by atoms with E-state index in [0.717, 1.165) is 12.8 Å². The highest BCUT2D eigenvalue weighted by Gasteiger charge is 2.21. The van der Waals surface area contributed by atoms with E-state index in [4.69, 9.17) is 10.00 Å². The van der Waals surface area contributed by atoms with Crippen molar-refractivity contribution in [1.29, 1.82) is 5.26 Å². The molecule has 1 aliphatic carbocycles. The van der Waals surface area contributed by atoms with Gasteiger partial charge in [0.15, 0.2) is 9.84 Å². The Morgan fingerprint density at radius 2 is 1.81 bits per heavy atom. The molecule has 0 unspecified atom stereocenters. The quantitative estimate of drug-likeness (QED) is 0.893. The number of benzene rings is 1. The zero-order chi connectivity index (χ0) is 15.3. The molecular formula is C15H19NO4S. The van der Waals surface area contributed by atoms with Crippen molar-refractivity contribution in [3.63, 3.8) is 0 Å². The number of nitriles is 1. The normalized spacial score (nSPS) is 22.7. The SMILES string of the molecule is N#Cc1ccc(S(=O)(=O)CCOC2CCC(O)CC2)cc1. The molecule has 0 atom stereocenters. The van der Waals surface area contributed by atoms with Gasteiger partial charge in [-0.3, -0.25) is 0 Å². The minimum Gasteiger partial charge on any atom is -0.393 e. The van der Waals surface area contributed by atoms with E-state index in [0.29, 0.717) is 18.4 Å². The van der Waals surface area contributed by atoms with Gasteiger partial charge in [0.25, 0.3) is 0 Å². The molecule has 2 rings (SSSR count). The molecule has 0 aliphatic heterocycles. The first kappa shape index (κ1) is 16.0. The van der Waals surface area contributed by atoms with Gasteiger partial charge >= 0.3 is 0 Å². The van der Waals surface area contributed by atoms with Gasteiger partial charge in [-0.05, 0) is 49.9 Å². The fourth-order valence-electron chi connectivity index (χ4n) is 2.39. The van der Waals surface area contributed by atoms with Crippen LogP contribution in [0.15, 0.2) is 29.2 Å². The first-order valence-electron chi connectivity index (χ1n) is 7.04. The molecule has 1 fully saturated rings. The molecule has 0 amide bonds. The lowest BCUT2D eigenvalue weighted by molar-refractivity contribution is 0.00332. The Balaban J connectivity index is 1.85. The van der Waals surface area contributed by atoms with Crippen molar-refractivity contribution in [2.45, 2.75) is 42.8 Å². The van der Waals surface area contributed by atoms with E-state index in [2.05, 4.69) is 0 Å². The molecule has 0 saturated heterocycles. The van der Waals surface area contributed by atoms with Gasteiger partial charge in [-0.1, -0.05) is 0 Å². The predicted octanol–water partition coefficient (Wildman–Crippen LogP) is 1.65. The van der Waals surface area contributed by atoms with E-state index in [-0.39, 0.29) is 29.5 Å². The molecular weight excluding hydrogens is 290 g/mol. The fraction of sp³-hybridized carbons (Fsp3) is 0.533. The maximum Gasteiger partial charge on any atom is 0.180 e. The first-order chi connectivity index (χ1) is 10.0. The Hall–Kier alpha value is -1.42. The van der Waals surface area contributed by atoms with Gasteiger partial charge in [-0.15, -0.1) is 0 Å². The van der Waals surface area contributed by atoms with Gasteiger partial charge in [-0.25, -0.2) is 8.42 Å². The van der Waals surface area contributed by atoms with Gasteiger partial charge in [0, 0.05) is 0 Å². The molecule has 1 aromatic carbocycles. The zero-order valence-corrected chi connectivity index (χ0v) is 12.6. The molecule has 114 valence electrons. The summed E-state index contributed by atoms with van der Waals surface area (Å²) < 4.78 is 29.8. The van der Waals surface area contributed by atoms with E-state index < -0.39 is 9.84 Å². The summed E-state index contributed by atoms with van der Waals surface area (Å²) in [4.78, 5) is 0.212. The maximum atomic E-state index is 12.1. The second kappa shape index (κ2) is 7.03. The maximum absolute atomic E-state index is 12.1. The first-order valence-corrected chi connectivity index (χ1v) is 8.69. The molecule has 6 heteroatoms. The van der Waals surface area contributed by atoms with E-state index in [1.165, 1.54) is 24.3 Å². The van der Waals surface area contributed by atoms with Gasteiger partial charge in [0.2, 0.25) is 0 Å². The van der Waals surface area contributed by atoms with Crippen LogP contribution in [0.1, 0.15) is 31.2 Å². The molecule has 0 radical (unpaired) electrons. The van der Waals surface area contributed by atoms with Crippen molar-refractivity contribution >= 4 is 9.84 Å². The third kappa shape index (κ3) is 4.53. The van der Waals surface area contributed by atoms with Crippen molar-refractivity contribution in [1.82, 2.24) is 0 Å². The summed E-state index contributed by atoms with van der Waals surface area (Å²) in [6, 6.07) is 7.85. The lowest BCUT2D eigenvalue weighted by atomic mass is 9.95. The van der Waals surface area contributed by atoms with Crippen molar-refractivity contribution in [3.05, 3.63) is 29.8 Å². The van der Waals surface area contributed by atoms with Crippen LogP contribution in [0.3, 0.4) is 0 Å². The van der Waals surface area contributed by atoms with E-state index >= 15 is 0 Å². The third-order valence-corrected chi connectivity index (χ3v) is 5.39. The number of hydrogen-bond acceptors (Lipinski definition) is 5. The molecule has 1 aliphatic rings. The molecule has 1 aromatic rings. The Bertz CT molecular complexity index is 596. The van der Waals surface area contributed by atoms with Crippen molar-refractivity contribution in [2.24, 2.45) is 0 Å². The molecule has 0 heterocycles. The minimum absolute atomic E-state index is 0.0459. The van der Waals surface area contributed by atoms with Crippen LogP contribution in [0.4, 0.5) is 0 Å². The van der Waals surface area contributed by atoms with Crippen LogP contribution in [-0.4, -0.2) is 38.1 Å². The Morgan fingerprint density at radius 1 is 1.19 bits per heavy atom. The molecule has 0 aromatic heterocycles. The van der Waals surface area contributed by atoms with Crippen LogP contribution in [0, 0.1) is 11.3 Å². The highest BCUT2D eigenvalue weighted by Crippen LogP contribution is 2.21. The summed E-state index contributed by atoms with van der Waals surface area (Å²) in [6.45, 7) is 0.156. The topological polar surface area (TPSA) is 87.4 Å². The minimum atomic E-state index is -3.38. The number of sulfone groups is 1. The number of hydrogen-bond donors (Lipinski definition) is 1. The lowest BCUT2D eigenvalue weighted by Crippen LogP contribution is -2.26. The molecule has 5 nitrogen and oxygen atoms in total. The standard InChI is InChI=1S/C15H19NO4S/c16-11-12-1-7-15(8-2-12)21(18,19)10-9-20-14-5-3-13(17)4-6-14/h1-2,7-8,13-14,17H,3-6,9-10H2. The van der Waals surface area contributed by atoms with Crippen molar-refractivity contribution in [3.8, 4) is 6.07 Å². The molecule has 1 N–H and O–H groups in total. The number of ether oxygens (including phenoxy) is 1. The Morgan fingerprint density at radius 3 is 2.38 bits per heavy atom. The lowest BCUT2D eigenvalue weighted by Gasteiger charge is -2.25. The third-order valence-electron chi connectivity index (χ3n) is 3.69. The molecule has 0 spiro atoms. The van der Waals surface area contributed by atoms with Crippen LogP contribution in [-0.2, 0) is 14.6 Å². The van der Waals surface area contributed by atoms with E-state index in [9.17, 15) is 13.5 Å². The average Bonchev–Trinajstić information content (AvgIpc) is 2.49. The number of aliphatic hydroxyl groups is 1. The van der Waals surface area contributed by atoms with Crippen LogP contribution in [0.2, 0.25) is 0 Å². The second-order valence-electron chi connectivity index (χ2n) is 5.26. The largest absolute Gasteiger partial charge is 0.393 e. The van der Waals surface area contributed by atoms with Gasteiger partial charge < -0.3 is 9.84 Å². The Kier molecular flexibility index (Phi) is 5.34. The Labute approximate surface area is 125 Å². The number of nitrogens with zero attached hydrogens (tertiary/aromatic N) is 1. The van der Waals surface area contributed by atoms with Gasteiger partial charge in [-0.2, -0.15) is 5.26 Å². The van der Waals surface area contributed by atoms with Crippen molar-refractivity contribution in [2.75, 3.05) is 12.4 Å². The van der Waals surface area contributed by atoms with E-state index in [1.54, 1.807) is 0 Å². The summed E-state index contributed by atoms with van der Waals surface area (Å²) >= 11 is 0. The highest BCUT2D eigenvalue weighted by molar-refractivity contribution is 7.91. The van der Waals surface area contributed by atoms with Gasteiger partial charge in [0.1, 0.15) is 0 Å².